The van der Waals surface area contributed by atoms with Gasteiger partial charge in [0.15, 0.2) is 0 Å². The van der Waals surface area contributed by atoms with Gasteiger partial charge in [0.25, 0.3) is 0 Å². The van der Waals surface area contributed by atoms with Crippen LogP contribution in [0.1, 0.15) is 31.4 Å². The van der Waals surface area contributed by atoms with Crippen molar-refractivity contribution in [3.05, 3.63) is 29.3 Å². The number of nitrogens with two attached hydrogens (primary N) is 1. The zero-order valence-corrected chi connectivity index (χ0v) is 13.2. The van der Waals surface area contributed by atoms with E-state index in [1.165, 1.54) is 36.3 Å². The van der Waals surface area contributed by atoms with Crippen LogP contribution in [0.5, 0.6) is 0 Å². The lowest BCUT2D eigenvalue weighted by atomic mass is 10.0. The van der Waals surface area contributed by atoms with Crippen LogP contribution in [0.2, 0.25) is 0 Å². The summed E-state index contributed by atoms with van der Waals surface area (Å²) < 4.78 is 0. The van der Waals surface area contributed by atoms with Crippen LogP contribution in [0, 0.1) is 6.92 Å². The summed E-state index contributed by atoms with van der Waals surface area (Å²) in [7, 11) is 0. The number of piperazine rings is 1. The molecule has 1 aliphatic rings. The number of aryl methyl sites for hydroxylation is 1. The summed E-state index contributed by atoms with van der Waals surface area (Å²) in [6.45, 7) is 12.2. The summed E-state index contributed by atoms with van der Waals surface area (Å²) in [4.78, 5) is 5.12. The maximum absolute atomic E-state index is 5.65. The van der Waals surface area contributed by atoms with Gasteiger partial charge in [-0.1, -0.05) is 13.0 Å². The number of hydrogen-bond donors (Lipinski definition) is 1. The van der Waals surface area contributed by atoms with Crippen molar-refractivity contribution in [1.82, 2.24) is 4.90 Å². The third-order valence-corrected chi connectivity index (χ3v) is 4.63. The second-order valence-electron chi connectivity index (χ2n) is 5.93. The molecular formula is C17H29N3. The molecular weight excluding hydrogens is 246 g/mol. The van der Waals surface area contributed by atoms with Crippen molar-refractivity contribution in [2.75, 3.05) is 37.6 Å². The Balaban J connectivity index is 1.98. The van der Waals surface area contributed by atoms with Crippen LogP contribution >= 0.6 is 0 Å². The molecule has 0 saturated carbocycles. The van der Waals surface area contributed by atoms with Gasteiger partial charge in [-0.3, -0.25) is 4.90 Å². The molecule has 3 heteroatoms. The van der Waals surface area contributed by atoms with E-state index < -0.39 is 0 Å². The second-order valence-corrected chi connectivity index (χ2v) is 5.93. The number of nitrogens with zero attached hydrogens (tertiary/aromatic N) is 2. The molecule has 3 nitrogen and oxygen atoms in total. The Morgan fingerprint density at radius 1 is 1.20 bits per heavy atom. The van der Waals surface area contributed by atoms with E-state index in [0.717, 1.165) is 26.1 Å². The fourth-order valence-corrected chi connectivity index (χ4v) is 2.99. The van der Waals surface area contributed by atoms with Gasteiger partial charge in [-0.25, -0.2) is 0 Å². The molecule has 1 heterocycles. The van der Waals surface area contributed by atoms with Gasteiger partial charge >= 0.3 is 0 Å². The normalized spacial score (nSPS) is 18.3. The van der Waals surface area contributed by atoms with Crippen LogP contribution < -0.4 is 10.6 Å². The van der Waals surface area contributed by atoms with Crippen LogP contribution in [0.15, 0.2) is 18.2 Å². The Labute approximate surface area is 123 Å². The summed E-state index contributed by atoms with van der Waals surface area (Å²) >= 11 is 0. The maximum atomic E-state index is 5.65. The van der Waals surface area contributed by atoms with Gasteiger partial charge in [0.2, 0.25) is 0 Å². The quantitative estimate of drug-likeness (QED) is 0.896. The van der Waals surface area contributed by atoms with Crippen molar-refractivity contribution in [3.8, 4) is 0 Å². The molecule has 0 amide bonds. The summed E-state index contributed by atoms with van der Waals surface area (Å²) in [5.41, 5.74) is 9.78. The molecule has 2 rings (SSSR count). The average molecular weight is 275 g/mol. The molecule has 0 spiro atoms. The van der Waals surface area contributed by atoms with Crippen molar-refractivity contribution in [2.24, 2.45) is 5.73 Å². The smallest absolute Gasteiger partial charge is 0.0369 e. The molecule has 20 heavy (non-hydrogen) atoms. The lowest BCUT2D eigenvalue weighted by molar-refractivity contribution is 0.193. The first-order valence-electron chi connectivity index (χ1n) is 7.94. The molecule has 0 aliphatic carbocycles. The Morgan fingerprint density at radius 2 is 1.90 bits per heavy atom. The minimum atomic E-state index is 0.714. The number of benzene rings is 1. The van der Waals surface area contributed by atoms with Gasteiger partial charge in [0.05, 0.1) is 0 Å². The second kappa shape index (κ2) is 7.09. The van der Waals surface area contributed by atoms with E-state index in [1.807, 2.05) is 0 Å². The van der Waals surface area contributed by atoms with Gasteiger partial charge in [-0.2, -0.15) is 0 Å². The highest BCUT2D eigenvalue weighted by Crippen LogP contribution is 2.21. The number of rotatable bonds is 5. The summed E-state index contributed by atoms with van der Waals surface area (Å²) in [6.07, 6.45) is 2.22. The van der Waals surface area contributed by atoms with E-state index in [1.54, 1.807) is 0 Å². The van der Waals surface area contributed by atoms with Gasteiger partial charge in [-0.05, 0) is 56.5 Å². The molecule has 1 aliphatic heterocycles. The Hall–Kier alpha value is -1.06. The minimum absolute atomic E-state index is 0.714. The Bertz CT molecular complexity index is 422. The standard InChI is InChI=1S/C17H29N3/c1-4-15(3)19-9-11-20(12-10-19)17-6-5-16(7-8-18)14(2)13-17/h5-6,13,15H,4,7-12,18H2,1-3H3. The highest BCUT2D eigenvalue weighted by Gasteiger charge is 2.20. The third kappa shape index (κ3) is 3.53. The maximum Gasteiger partial charge on any atom is 0.0369 e. The van der Waals surface area contributed by atoms with Crippen LogP contribution in [0.4, 0.5) is 5.69 Å². The fraction of sp³-hybridized carbons (Fsp3) is 0.647. The van der Waals surface area contributed by atoms with Gasteiger partial charge in [0.1, 0.15) is 0 Å². The number of anilines is 1. The predicted molar refractivity (Wildman–Crippen MR) is 87.5 cm³/mol. The van der Waals surface area contributed by atoms with Crippen LogP contribution in [-0.2, 0) is 6.42 Å². The van der Waals surface area contributed by atoms with Crippen molar-refractivity contribution >= 4 is 5.69 Å². The molecule has 2 N–H and O–H groups in total. The summed E-state index contributed by atoms with van der Waals surface area (Å²) in [5.74, 6) is 0. The van der Waals surface area contributed by atoms with E-state index >= 15 is 0 Å². The largest absolute Gasteiger partial charge is 0.369 e. The van der Waals surface area contributed by atoms with E-state index in [4.69, 9.17) is 5.73 Å². The first-order chi connectivity index (χ1) is 9.65. The molecule has 1 unspecified atom stereocenters. The molecule has 0 bridgehead atoms. The third-order valence-electron chi connectivity index (χ3n) is 4.63. The molecule has 1 atom stereocenters. The van der Waals surface area contributed by atoms with Crippen LogP contribution in [0.25, 0.3) is 0 Å². The van der Waals surface area contributed by atoms with Gasteiger partial charge in [0, 0.05) is 37.9 Å². The first kappa shape index (κ1) is 15.3. The zero-order chi connectivity index (χ0) is 14.5. The molecule has 0 aromatic heterocycles. The lowest BCUT2D eigenvalue weighted by Crippen LogP contribution is -2.49. The fourth-order valence-electron chi connectivity index (χ4n) is 2.99. The van der Waals surface area contributed by atoms with Crippen molar-refractivity contribution in [2.45, 2.75) is 39.7 Å². The average Bonchev–Trinajstić information content (AvgIpc) is 2.49. The van der Waals surface area contributed by atoms with Crippen molar-refractivity contribution in [1.29, 1.82) is 0 Å². The highest BCUT2D eigenvalue weighted by molar-refractivity contribution is 5.51. The first-order valence-corrected chi connectivity index (χ1v) is 7.94. The number of hydrogen-bond acceptors (Lipinski definition) is 3. The molecule has 0 radical (unpaired) electrons. The van der Waals surface area contributed by atoms with E-state index in [9.17, 15) is 0 Å². The monoisotopic (exact) mass is 275 g/mol. The van der Waals surface area contributed by atoms with Gasteiger partial charge in [-0.15, -0.1) is 0 Å². The van der Waals surface area contributed by atoms with E-state index in [-0.39, 0.29) is 0 Å². The molecule has 1 aromatic carbocycles. The van der Waals surface area contributed by atoms with E-state index in [2.05, 4.69) is 48.8 Å². The van der Waals surface area contributed by atoms with Crippen molar-refractivity contribution < 1.29 is 0 Å². The highest BCUT2D eigenvalue weighted by atomic mass is 15.3. The molecule has 1 aromatic rings. The summed E-state index contributed by atoms with van der Waals surface area (Å²) in [6, 6.07) is 7.55. The minimum Gasteiger partial charge on any atom is -0.369 e. The topological polar surface area (TPSA) is 32.5 Å². The Morgan fingerprint density at radius 3 is 2.45 bits per heavy atom. The van der Waals surface area contributed by atoms with Crippen molar-refractivity contribution in [3.63, 3.8) is 0 Å². The lowest BCUT2D eigenvalue weighted by Gasteiger charge is -2.39. The summed E-state index contributed by atoms with van der Waals surface area (Å²) in [5, 5.41) is 0. The van der Waals surface area contributed by atoms with Gasteiger partial charge < -0.3 is 10.6 Å². The predicted octanol–water partition coefficient (Wildman–Crippen LogP) is 2.42. The van der Waals surface area contributed by atoms with Crippen LogP contribution in [-0.4, -0.2) is 43.7 Å². The zero-order valence-electron chi connectivity index (χ0n) is 13.2. The van der Waals surface area contributed by atoms with E-state index in [0.29, 0.717) is 6.04 Å². The molecule has 1 fully saturated rings. The molecule has 1 saturated heterocycles. The Kier molecular flexibility index (Phi) is 5.44. The van der Waals surface area contributed by atoms with Crippen LogP contribution in [0.3, 0.4) is 0 Å². The molecule has 112 valence electrons. The SMILES string of the molecule is CCC(C)N1CCN(c2ccc(CCN)c(C)c2)CC1.